The molecule has 2 rings (SSSR count). The van der Waals surface area contributed by atoms with Crippen LogP contribution in [0, 0.1) is 0 Å². The highest BCUT2D eigenvalue weighted by molar-refractivity contribution is 9.10. The van der Waals surface area contributed by atoms with Gasteiger partial charge < -0.3 is 5.73 Å². The molecule has 0 spiro atoms. The molecule has 0 saturated heterocycles. The zero-order chi connectivity index (χ0) is 9.42. The summed E-state index contributed by atoms with van der Waals surface area (Å²) in [7, 11) is 0. The highest BCUT2D eigenvalue weighted by Gasteiger charge is 2.00. The van der Waals surface area contributed by atoms with E-state index < -0.39 is 0 Å². The number of nitrogens with two attached hydrogens (primary N) is 1. The van der Waals surface area contributed by atoms with Gasteiger partial charge in [-0.3, -0.25) is 4.98 Å². The number of hydrogen-bond donors (Lipinski definition) is 1. The molecule has 13 heavy (non-hydrogen) atoms. The maximum atomic E-state index is 5.80. The van der Waals surface area contributed by atoms with Crippen molar-refractivity contribution in [1.82, 2.24) is 4.98 Å². The van der Waals surface area contributed by atoms with Crippen LogP contribution in [0.2, 0.25) is 5.02 Å². The normalized spacial score (nSPS) is 10.6. The van der Waals surface area contributed by atoms with E-state index in [1.165, 1.54) is 0 Å². The maximum absolute atomic E-state index is 5.80. The van der Waals surface area contributed by atoms with Crippen LogP contribution in [0.1, 0.15) is 0 Å². The smallest absolute Gasteiger partial charge is 0.0724 e. The lowest BCUT2D eigenvalue weighted by Gasteiger charge is -2.01. The van der Waals surface area contributed by atoms with Crippen LogP contribution in [0.15, 0.2) is 28.9 Å². The van der Waals surface area contributed by atoms with Gasteiger partial charge >= 0.3 is 0 Å². The molecule has 0 aliphatic carbocycles. The van der Waals surface area contributed by atoms with E-state index in [2.05, 4.69) is 20.9 Å². The van der Waals surface area contributed by atoms with Gasteiger partial charge in [-0.1, -0.05) is 11.6 Å². The van der Waals surface area contributed by atoms with Gasteiger partial charge in [-0.15, -0.1) is 0 Å². The molecule has 0 fully saturated rings. The van der Waals surface area contributed by atoms with Crippen molar-refractivity contribution >= 4 is 44.1 Å². The minimum absolute atomic E-state index is 0.629. The molecule has 2 aromatic rings. The van der Waals surface area contributed by atoms with E-state index in [-0.39, 0.29) is 0 Å². The number of fused-ring (bicyclic) bond motifs is 1. The lowest BCUT2D eigenvalue weighted by Crippen LogP contribution is -1.87. The fourth-order valence-corrected chi connectivity index (χ4v) is 1.67. The van der Waals surface area contributed by atoms with Gasteiger partial charge in [0.05, 0.1) is 10.5 Å². The lowest BCUT2D eigenvalue weighted by molar-refractivity contribution is 1.41. The molecule has 0 aliphatic rings. The second-order valence-electron chi connectivity index (χ2n) is 2.72. The van der Waals surface area contributed by atoms with Crippen molar-refractivity contribution in [2.75, 3.05) is 5.73 Å². The Morgan fingerprint density at radius 3 is 2.85 bits per heavy atom. The molecule has 2 nitrogen and oxygen atoms in total. The molecule has 1 aromatic carbocycles. The summed E-state index contributed by atoms with van der Waals surface area (Å²) in [4.78, 5) is 4.15. The number of benzene rings is 1. The number of rotatable bonds is 0. The third-order valence-electron chi connectivity index (χ3n) is 1.77. The Kier molecular flexibility index (Phi) is 2.14. The van der Waals surface area contributed by atoms with Crippen molar-refractivity contribution in [2.45, 2.75) is 0 Å². The van der Waals surface area contributed by atoms with Crippen LogP contribution in [0.5, 0.6) is 0 Å². The molecule has 0 aliphatic heterocycles. The third kappa shape index (κ3) is 1.62. The Balaban J connectivity index is 2.81. The monoisotopic (exact) mass is 256 g/mol. The number of nitrogens with zero attached hydrogens (tertiary/aromatic N) is 1. The maximum Gasteiger partial charge on any atom is 0.0724 e. The van der Waals surface area contributed by atoms with Crippen LogP contribution in [0.4, 0.5) is 5.69 Å². The molecule has 0 radical (unpaired) electrons. The number of hydrogen-bond acceptors (Lipinski definition) is 2. The van der Waals surface area contributed by atoms with E-state index in [1.54, 1.807) is 6.20 Å². The predicted molar refractivity (Wildman–Crippen MR) is 58.9 cm³/mol. The summed E-state index contributed by atoms with van der Waals surface area (Å²) in [5.41, 5.74) is 7.24. The number of nitrogen functional groups attached to an aromatic ring is 1. The van der Waals surface area contributed by atoms with Crippen LogP contribution in [-0.4, -0.2) is 4.98 Å². The summed E-state index contributed by atoms with van der Waals surface area (Å²) in [6, 6.07) is 5.58. The van der Waals surface area contributed by atoms with Crippen LogP contribution >= 0.6 is 27.5 Å². The van der Waals surface area contributed by atoms with Gasteiger partial charge in [0.1, 0.15) is 0 Å². The van der Waals surface area contributed by atoms with Gasteiger partial charge in [0.2, 0.25) is 0 Å². The largest absolute Gasteiger partial charge is 0.398 e. The Bertz CT molecular complexity index is 470. The number of pyridine rings is 1. The standard InChI is InChI=1S/C9H6BrClN2/c10-7-2-5-1-6(11)4-13-9(5)3-8(7)12/h1-4H,12H2. The molecular weight excluding hydrogens is 251 g/mol. The van der Waals surface area contributed by atoms with Crippen molar-refractivity contribution in [3.05, 3.63) is 33.9 Å². The minimum Gasteiger partial charge on any atom is -0.398 e. The predicted octanol–water partition coefficient (Wildman–Crippen LogP) is 3.23. The van der Waals surface area contributed by atoms with Gasteiger partial charge in [0.15, 0.2) is 0 Å². The molecule has 1 heterocycles. The Morgan fingerprint density at radius 2 is 2.08 bits per heavy atom. The molecule has 0 unspecified atom stereocenters. The Hall–Kier alpha value is -0.800. The highest BCUT2D eigenvalue weighted by Crippen LogP contribution is 2.26. The zero-order valence-corrected chi connectivity index (χ0v) is 8.93. The molecule has 4 heteroatoms. The highest BCUT2D eigenvalue weighted by atomic mass is 79.9. The van der Waals surface area contributed by atoms with Crippen LogP contribution < -0.4 is 5.73 Å². The van der Waals surface area contributed by atoms with Gasteiger partial charge in [-0.25, -0.2) is 0 Å². The van der Waals surface area contributed by atoms with E-state index >= 15 is 0 Å². The van der Waals surface area contributed by atoms with Crippen LogP contribution in [0.25, 0.3) is 10.9 Å². The van der Waals surface area contributed by atoms with Gasteiger partial charge in [-0.2, -0.15) is 0 Å². The molecule has 0 saturated carbocycles. The Morgan fingerprint density at radius 1 is 1.31 bits per heavy atom. The SMILES string of the molecule is Nc1cc2ncc(Cl)cc2cc1Br. The van der Waals surface area contributed by atoms with Gasteiger partial charge in [0, 0.05) is 21.7 Å². The first-order valence-corrected chi connectivity index (χ1v) is 4.84. The van der Waals surface area contributed by atoms with Crippen LogP contribution in [0.3, 0.4) is 0 Å². The first-order chi connectivity index (χ1) is 6.16. The molecule has 0 amide bonds. The summed E-state index contributed by atoms with van der Waals surface area (Å²) in [5.74, 6) is 0. The number of halogens is 2. The van der Waals surface area contributed by atoms with Gasteiger partial charge in [-0.05, 0) is 34.1 Å². The average molecular weight is 258 g/mol. The summed E-state index contributed by atoms with van der Waals surface area (Å²) in [6.07, 6.45) is 1.61. The fourth-order valence-electron chi connectivity index (χ4n) is 1.14. The summed E-state index contributed by atoms with van der Waals surface area (Å²) >= 11 is 9.15. The van der Waals surface area contributed by atoms with Gasteiger partial charge in [0.25, 0.3) is 0 Å². The van der Waals surface area contributed by atoms with Crippen molar-refractivity contribution < 1.29 is 0 Å². The second-order valence-corrected chi connectivity index (χ2v) is 4.01. The molecule has 0 atom stereocenters. The first kappa shape index (κ1) is 8.78. The van der Waals surface area contributed by atoms with Crippen molar-refractivity contribution in [1.29, 1.82) is 0 Å². The molecule has 1 aromatic heterocycles. The topological polar surface area (TPSA) is 38.9 Å². The van der Waals surface area contributed by atoms with E-state index in [4.69, 9.17) is 17.3 Å². The third-order valence-corrected chi connectivity index (χ3v) is 2.66. The van der Waals surface area contributed by atoms with E-state index in [0.717, 1.165) is 15.4 Å². The fraction of sp³-hybridized carbons (Fsp3) is 0. The van der Waals surface area contributed by atoms with E-state index in [0.29, 0.717) is 10.7 Å². The molecule has 66 valence electrons. The molecular formula is C9H6BrClN2. The summed E-state index contributed by atoms with van der Waals surface area (Å²) in [6.45, 7) is 0. The van der Waals surface area contributed by atoms with Crippen molar-refractivity contribution in [3.63, 3.8) is 0 Å². The summed E-state index contributed by atoms with van der Waals surface area (Å²) < 4.78 is 0.865. The lowest BCUT2D eigenvalue weighted by atomic mass is 10.2. The van der Waals surface area contributed by atoms with Crippen LogP contribution in [-0.2, 0) is 0 Å². The number of aromatic nitrogens is 1. The first-order valence-electron chi connectivity index (χ1n) is 3.67. The number of anilines is 1. The molecule has 0 bridgehead atoms. The minimum atomic E-state index is 0.629. The molecule has 2 N–H and O–H groups in total. The van der Waals surface area contributed by atoms with Crippen molar-refractivity contribution in [3.8, 4) is 0 Å². The van der Waals surface area contributed by atoms with E-state index in [9.17, 15) is 0 Å². The quantitative estimate of drug-likeness (QED) is 0.736. The second kappa shape index (κ2) is 3.16. The average Bonchev–Trinajstić information content (AvgIpc) is 2.08. The summed E-state index contributed by atoms with van der Waals surface area (Å²) in [5, 5.41) is 1.61. The zero-order valence-electron chi connectivity index (χ0n) is 6.59. The van der Waals surface area contributed by atoms with E-state index in [1.807, 2.05) is 18.2 Å². The van der Waals surface area contributed by atoms with Crippen molar-refractivity contribution in [2.24, 2.45) is 0 Å². The Labute approximate surface area is 88.8 Å².